The highest BCUT2D eigenvalue weighted by molar-refractivity contribution is 5.78. The van der Waals surface area contributed by atoms with E-state index in [1.54, 1.807) is 0 Å². The van der Waals surface area contributed by atoms with Crippen LogP contribution in [-0.2, 0) is 53.3 Å². The molecule has 0 spiro atoms. The molecule has 0 fully saturated rings. The fraction of sp³-hybridized carbons (Fsp3) is 0.750. The van der Waals surface area contributed by atoms with Crippen LogP contribution in [0.5, 0.6) is 5.75 Å². The van der Waals surface area contributed by atoms with Crippen LogP contribution in [0, 0.1) is 0 Å². The van der Waals surface area contributed by atoms with Crippen molar-refractivity contribution >= 4 is 23.6 Å². The first-order chi connectivity index (χ1) is 35.5. The Morgan fingerprint density at radius 2 is 0.740 bits per heavy atom. The molecule has 1 heterocycles. The normalized spacial score (nSPS) is 14.5. The van der Waals surface area contributed by atoms with Gasteiger partial charge in [0, 0.05) is 38.2 Å². The first-order valence-electron chi connectivity index (χ1n) is 22.0. The summed E-state index contributed by atoms with van der Waals surface area (Å²) in [5, 5.41) is 15.6. The summed E-state index contributed by atoms with van der Waals surface area (Å²) >= 11 is 0. The average molecular weight is 1170 g/mol. The number of nitrogens with one attached hydrogen (secondary N) is 4. The van der Waals surface area contributed by atoms with Crippen LogP contribution in [-0.4, -0.2) is 190 Å². The van der Waals surface area contributed by atoms with Crippen molar-refractivity contribution < 1.29 is 140 Å². The minimum atomic E-state index is -8.70. The van der Waals surface area contributed by atoms with E-state index in [4.69, 9.17) is 33.2 Å². The van der Waals surface area contributed by atoms with Crippen LogP contribution >= 0.6 is 0 Å². The van der Waals surface area contributed by atoms with Gasteiger partial charge in [-0.25, -0.2) is 0 Å². The number of hydrogen-bond donors (Lipinski definition) is 4. The van der Waals surface area contributed by atoms with Crippen molar-refractivity contribution in [1.82, 2.24) is 21.3 Å². The van der Waals surface area contributed by atoms with Gasteiger partial charge in [-0.2, -0.15) is 87.8 Å². The van der Waals surface area contributed by atoms with E-state index < -0.39 is 122 Å². The third-order valence-corrected chi connectivity index (χ3v) is 9.87. The van der Waals surface area contributed by atoms with Gasteiger partial charge >= 0.3 is 59.5 Å². The maximum absolute atomic E-state index is 14.0. The molecule has 0 aromatic heterocycles. The van der Waals surface area contributed by atoms with Gasteiger partial charge in [0.15, 0.2) is 6.61 Å². The van der Waals surface area contributed by atoms with Gasteiger partial charge in [-0.15, -0.1) is 10.2 Å². The van der Waals surface area contributed by atoms with Gasteiger partial charge in [-0.05, 0) is 25.0 Å². The number of carbonyl (C=O) groups is 4. The second-order valence-electron chi connectivity index (χ2n) is 15.7. The Labute approximate surface area is 421 Å². The Kier molecular flexibility index (Phi) is 25.3. The third-order valence-electron chi connectivity index (χ3n) is 9.87. The quantitative estimate of drug-likeness (QED) is 0.0445. The van der Waals surface area contributed by atoms with Crippen molar-refractivity contribution in [1.29, 1.82) is 0 Å². The molecule has 0 atom stereocenters. The SMILES string of the molecule is O=C(COCCOCCNC(=O)COCCOCCNC(=O)COCCOCCNC(=O)COc1ccc(C2(C(F)(F)F)N=N2)cc1)NCCCCC(F)(F)C(F)(F)C(F)(F)C(F)(F)C(F)(F)C(F)(F)C(F)(F)C(F)(F)F. The molecule has 37 heteroatoms. The molecule has 4 N–H and O–H groups in total. The molecule has 0 unspecified atom stereocenters. The molecule has 0 radical (unpaired) electrons. The highest BCUT2D eigenvalue weighted by Gasteiger charge is 2.95. The van der Waals surface area contributed by atoms with Crippen molar-refractivity contribution in [2.45, 2.75) is 78.7 Å². The van der Waals surface area contributed by atoms with Crippen LogP contribution in [0.1, 0.15) is 24.8 Å². The zero-order valence-electron chi connectivity index (χ0n) is 39.4. The largest absolute Gasteiger partial charge is 0.484 e. The molecule has 1 aliphatic rings. The molecule has 1 aromatic carbocycles. The van der Waals surface area contributed by atoms with Crippen molar-refractivity contribution in [2.24, 2.45) is 10.2 Å². The van der Waals surface area contributed by atoms with Crippen molar-refractivity contribution in [3.05, 3.63) is 29.8 Å². The third kappa shape index (κ3) is 18.5. The number of rotatable bonds is 39. The lowest BCUT2D eigenvalue weighted by molar-refractivity contribution is -0.461. The summed E-state index contributed by atoms with van der Waals surface area (Å²) in [5.41, 5.74) is -2.75. The zero-order valence-corrected chi connectivity index (χ0v) is 39.4. The van der Waals surface area contributed by atoms with E-state index in [9.17, 15) is 107 Å². The molecule has 0 saturated carbocycles. The summed E-state index contributed by atoms with van der Waals surface area (Å²) in [7, 11) is 0. The van der Waals surface area contributed by atoms with E-state index in [1.165, 1.54) is 12.1 Å². The number of unbranched alkanes of at least 4 members (excludes halogenated alkanes) is 1. The monoisotopic (exact) mass is 1170 g/mol. The summed E-state index contributed by atoms with van der Waals surface area (Å²) in [4.78, 5) is 47.4. The van der Waals surface area contributed by atoms with E-state index >= 15 is 0 Å². The van der Waals surface area contributed by atoms with Gasteiger partial charge < -0.3 is 54.4 Å². The number of alkyl halides is 20. The van der Waals surface area contributed by atoms with Crippen LogP contribution in [0.25, 0.3) is 0 Å². The molecule has 4 amide bonds. The number of amides is 4. The van der Waals surface area contributed by atoms with E-state index in [-0.39, 0.29) is 104 Å². The molecule has 444 valence electrons. The number of halogens is 20. The molecule has 0 saturated heterocycles. The van der Waals surface area contributed by atoms with Gasteiger partial charge in [0.25, 0.3) is 5.91 Å². The van der Waals surface area contributed by atoms with Gasteiger partial charge in [-0.3, -0.25) is 19.2 Å². The summed E-state index contributed by atoms with van der Waals surface area (Å²) < 4.78 is 303. The molecular weight excluding hydrogens is 1120 g/mol. The standard InChI is InChI=1S/C40H48F20N6O11/c41-31(42,33(43,44)34(45,46)35(47,48)36(49,50)37(51,52)38(53,54)40(58,59)60)7-1-2-8-61-27(67)21-74-18-15-71-12-9-62-28(68)22-75-19-16-72-13-10-63-29(69)23-76-20-17-73-14-11-64-30(70)24-77-26-5-3-25(4-6-26)32(65-66-32)39(55,56)57/h3-6H,1-2,7-24H2,(H,61,67)(H,62,68)(H,63,69)(H,64,70). The van der Waals surface area contributed by atoms with Crippen LogP contribution in [0.4, 0.5) is 87.8 Å². The molecular formula is C40H48F20N6O11. The minimum absolute atomic E-state index is 0.000323. The number of nitrogens with zero attached hydrogens (tertiary/aromatic N) is 2. The minimum Gasteiger partial charge on any atom is -0.484 e. The zero-order chi connectivity index (χ0) is 58.6. The lowest BCUT2D eigenvalue weighted by atomic mass is 9.88. The topological polar surface area (TPSA) is 206 Å². The lowest BCUT2D eigenvalue weighted by Crippen LogP contribution is -2.74. The van der Waals surface area contributed by atoms with Crippen molar-refractivity contribution in [3.8, 4) is 5.75 Å². The molecule has 1 aliphatic heterocycles. The summed E-state index contributed by atoms with van der Waals surface area (Å²) in [6.07, 6.45) is -17.4. The van der Waals surface area contributed by atoms with Gasteiger partial charge in [0.1, 0.15) is 25.6 Å². The average Bonchev–Trinajstić information content (AvgIpc) is 4.16. The highest BCUT2D eigenvalue weighted by atomic mass is 19.4. The van der Waals surface area contributed by atoms with Crippen LogP contribution in [0.2, 0.25) is 0 Å². The predicted molar refractivity (Wildman–Crippen MR) is 216 cm³/mol. The van der Waals surface area contributed by atoms with E-state index in [0.29, 0.717) is 0 Å². The molecule has 2 rings (SSSR count). The second-order valence-corrected chi connectivity index (χ2v) is 15.7. The van der Waals surface area contributed by atoms with E-state index in [2.05, 4.69) is 26.2 Å². The highest BCUT2D eigenvalue weighted by Crippen LogP contribution is 2.64. The maximum Gasteiger partial charge on any atom is 0.460 e. The van der Waals surface area contributed by atoms with Crippen LogP contribution in [0.15, 0.2) is 34.5 Å². The molecule has 0 aliphatic carbocycles. The van der Waals surface area contributed by atoms with Gasteiger partial charge in [-0.1, -0.05) is 12.1 Å². The first-order valence-corrected chi connectivity index (χ1v) is 22.0. The van der Waals surface area contributed by atoms with E-state index in [1.807, 2.05) is 5.32 Å². The summed E-state index contributed by atoms with van der Waals surface area (Å²) in [6, 6.07) is 4.80. The summed E-state index contributed by atoms with van der Waals surface area (Å²) in [5.74, 6) is -59.2. The number of benzene rings is 1. The Balaban J connectivity index is 1.42. The Bertz CT molecular complexity index is 2050. The molecule has 0 bridgehead atoms. The Morgan fingerprint density at radius 3 is 1.10 bits per heavy atom. The maximum atomic E-state index is 14.0. The van der Waals surface area contributed by atoms with E-state index in [0.717, 1.165) is 12.1 Å². The molecule has 1 aromatic rings. The summed E-state index contributed by atoms with van der Waals surface area (Å²) in [6.45, 7) is -2.43. The smallest absolute Gasteiger partial charge is 0.460 e. The number of ether oxygens (including phenoxy) is 7. The lowest BCUT2D eigenvalue weighted by Gasteiger charge is -2.42. The Hall–Kier alpha value is -5.14. The first kappa shape index (κ1) is 68.0. The Morgan fingerprint density at radius 1 is 0.403 bits per heavy atom. The number of hydrogen-bond acceptors (Lipinski definition) is 13. The molecule has 17 nitrogen and oxygen atoms in total. The van der Waals surface area contributed by atoms with Crippen molar-refractivity contribution in [2.75, 3.05) is 112 Å². The predicted octanol–water partition coefficient (Wildman–Crippen LogP) is 5.99. The number of carbonyl (C=O) groups excluding carboxylic acids is 4. The molecule has 77 heavy (non-hydrogen) atoms. The van der Waals surface area contributed by atoms with Crippen LogP contribution in [0.3, 0.4) is 0 Å². The van der Waals surface area contributed by atoms with Crippen LogP contribution < -0.4 is 26.0 Å². The fourth-order valence-electron chi connectivity index (χ4n) is 5.57. The van der Waals surface area contributed by atoms with Gasteiger partial charge in [0.2, 0.25) is 17.7 Å². The van der Waals surface area contributed by atoms with Crippen molar-refractivity contribution in [3.63, 3.8) is 0 Å². The fourth-order valence-corrected chi connectivity index (χ4v) is 5.57. The van der Waals surface area contributed by atoms with Gasteiger partial charge in [0.05, 0.1) is 59.5 Å². The second kappa shape index (κ2) is 28.7.